The van der Waals surface area contributed by atoms with E-state index in [-0.39, 0.29) is 23.0 Å². The predicted octanol–water partition coefficient (Wildman–Crippen LogP) is 2.72. The van der Waals surface area contributed by atoms with E-state index in [9.17, 15) is 4.79 Å². The molecule has 0 amide bonds. The number of aromatic nitrogens is 4. The van der Waals surface area contributed by atoms with Crippen molar-refractivity contribution in [1.82, 2.24) is 19.5 Å². The largest absolute Gasteiger partial charge is 0.457 e. The molecule has 2 N–H and O–H groups in total. The number of hydrogen-bond acceptors (Lipinski definition) is 7. The summed E-state index contributed by atoms with van der Waals surface area (Å²) >= 11 is 6.11. The lowest BCUT2D eigenvalue weighted by Gasteiger charge is -2.30. The normalized spacial score (nSPS) is 25.4. The molecule has 0 spiro atoms. The van der Waals surface area contributed by atoms with Gasteiger partial charge < -0.3 is 15.2 Å². The van der Waals surface area contributed by atoms with Gasteiger partial charge in [-0.15, -0.1) is 0 Å². The van der Waals surface area contributed by atoms with Gasteiger partial charge in [-0.2, -0.15) is 9.97 Å². The van der Waals surface area contributed by atoms with Gasteiger partial charge in [-0.25, -0.2) is 4.98 Å². The minimum Gasteiger partial charge on any atom is -0.457 e. The Morgan fingerprint density at radius 1 is 1.44 bits per heavy atom. The van der Waals surface area contributed by atoms with Gasteiger partial charge in [0.15, 0.2) is 23.1 Å². The van der Waals surface area contributed by atoms with E-state index in [0.29, 0.717) is 11.2 Å². The Bertz CT molecular complexity index is 804. The molecule has 2 aromatic rings. The number of nitrogens with zero attached hydrogens (tertiary/aromatic N) is 4. The minimum atomic E-state index is -0.561. The van der Waals surface area contributed by atoms with Crippen LogP contribution in [0, 0.1) is 5.92 Å². The molecule has 0 aromatic carbocycles. The first-order chi connectivity index (χ1) is 11.8. The van der Waals surface area contributed by atoms with Gasteiger partial charge in [0.1, 0.15) is 5.52 Å². The van der Waals surface area contributed by atoms with Gasteiger partial charge in [-0.05, 0) is 12.8 Å². The lowest BCUT2D eigenvalue weighted by molar-refractivity contribution is -0.154. The van der Waals surface area contributed by atoms with Crippen molar-refractivity contribution in [3.63, 3.8) is 0 Å². The quantitative estimate of drug-likeness (QED) is 0.654. The van der Waals surface area contributed by atoms with E-state index in [4.69, 9.17) is 26.8 Å². The number of ether oxygens (including phenoxy) is 2. The summed E-state index contributed by atoms with van der Waals surface area (Å²) in [6.07, 6.45) is 2.13. The number of anilines is 1. The van der Waals surface area contributed by atoms with Crippen LogP contribution in [0.15, 0.2) is 6.33 Å². The van der Waals surface area contributed by atoms with Gasteiger partial charge in [0.05, 0.1) is 11.9 Å². The number of hydrogen-bond donors (Lipinski definition) is 1. The monoisotopic (exact) mass is 367 g/mol. The lowest BCUT2D eigenvalue weighted by Crippen LogP contribution is -2.36. The summed E-state index contributed by atoms with van der Waals surface area (Å²) in [5, 5.41) is 0.175. The Kier molecular flexibility index (Phi) is 4.59. The molecule has 2 aromatic heterocycles. The summed E-state index contributed by atoms with van der Waals surface area (Å²) < 4.78 is 13.7. The molecule has 0 bridgehead atoms. The molecule has 1 aliphatic heterocycles. The van der Waals surface area contributed by atoms with Crippen LogP contribution in [0.3, 0.4) is 0 Å². The van der Waals surface area contributed by atoms with Crippen molar-refractivity contribution < 1.29 is 14.3 Å². The highest BCUT2D eigenvalue weighted by Gasteiger charge is 2.53. The average molecular weight is 368 g/mol. The third-order valence-electron chi connectivity index (χ3n) is 5.13. The molecule has 25 heavy (non-hydrogen) atoms. The zero-order valence-electron chi connectivity index (χ0n) is 14.7. The van der Waals surface area contributed by atoms with Crippen LogP contribution in [0.5, 0.6) is 0 Å². The SMILES string of the molecule is CCC1(CC)O[C@@H](n2cnc3c(Cl)nc(N)nc32)[C@H](OC(C)=O)[C@@H]1C. The van der Waals surface area contributed by atoms with Crippen LogP contribution in [-0.4, -0.2) is 37.2 Å². The fraction of sp³-hybridized carbons (Fsp3) is 0.625. The maximum Gasteiger partial charge on any atom is 0.303 e. The number of carbonyl (C=O) groups is 1. The molecule has 1 saturated heterocycles. The Hall–Kier alpha value is -1.93. The predicted molar refractivity (Wildman–Crippen MR) is 92.9 cm³/mol. The molecule has 3 rings (SSSR count). The molecule has 0 saturated carbocycles. The summed E-state index contributed by atoms with van der Waals surface area (Å²) in [6.45, 7) is 7.56. The topological polar surface area (TPSA) is 105 Å². The Morgan fingerprint density at radius 3 is 2.72 bits per heavy atom. The van der Waals surface area contributed by atoms with E-state index in [1.54, 1.807) is 10.9 Å². The zero-order valence-corrected chi connectivity index (χ0v) is 15.4. The van der Waals surface area contributed by atoms with Crippen LogP contribution in [0.25, 0.3) is 11.2 Å². The second-order valence-corrected chi connectivity index (χ2v) is 6.70. The number of carbonyl (C=O) groups excluding carboxylic acids is 1. The van der Waals surface area contributed by atoms with Gasteiger partial charge >= 0.3 is 5.97 Å². The molecule has 1 fully saturated rings. The second kappa shape index (κ2) is 6.42. The Labute approximate surface area is 150 Å². The van der Waals surface area contributed by atoms with E-state index < -0.39 is 17.9 Å². The summed E-state index contributed by atoms with van der Waals surface area (Å²) in [5.74, 6) is -0.305. The van der Waals surface area contributed by atoms with Crippen LogP contribution < -0.4 is 5.73 Å². The third-order valence-corrected chi connectivity index (χ3v) is 5.39. The molecule has 0 radical (unpaired) electrons. The molecular formula is C16H22ClN5O3. The number of nitrogen functional groups attached to an aromatic ring is 1. The molecule has 1 aliphatic rings. The van der Waals surface area contributed by atoms with Crippen LogP contribution in [-0.2, 0) is 14.3 Å². The van der Waals surface area contributed by atoms with Crippen molar-refractivity contribution in [2.45, 2.75) is 58.5 Å². The molecule has 3 heterocycles. The van der Waals surface area contributed by atoms with Crippen LogP contribution in [0.4, 0.5) is 5.95 Å². The number of fused-ring (bicyclic) bond motifs is 1. The van der Waals surface area contributed by atoms with Crippen LogP contribution in [0.2, 0.25) is 5.15 Å². The fourth-order valence-electron chi connectivity index (χ4n) is 3.67. The number of imidazole rings is 1. The molecule has 0 unspecified atom stereocenters. The first-order valence-corrected chi connectivity index (χ1v) is 8.71. The van der Waals surface area contributed by atoms with Gasteiger partial charge in [-0.3, -0.25) is 9.36 Å². The van der Waals surface area contributed by atoms with Crippen LogP contribution >= 0.6 is 11.6 Å². The van der Waals surface area contributed by atoms with Crippen LogP contribution in [0.1, 0.15) is 46.8 Å². The minimum absolute atomic E-state index is 0.00325. The summed E-state index contributed by atoms with van der Waals surface area (Å²) in [5.41, 5.74) is 6.21. The number of nitrogens with two attached hydrogens (primary N) is 1. The third kappa shape index (κ3) is 2.83. The van der Waals surface area contributed by atoms with Crippen molar-refractivity contribution in [3.05, 3.63) is 11.5 Å². The van der Waals surface area contributed by atoms with E-state index in [0.717, 1.165) is 12.8 Å². The molecule has 0 aliphatic carbocycles. The Morgan fingerprint density at radius 2 is 2.12 bits per heavy atom. The smallest absolute Gasteiger partial charge is 0.303 e. The summed E-state index contributed by atoms with van der Waals surface area (Å²) in [4.78, 5) is 24.1. The molecule has 136 valence electrons. The Balaban J connectivity index is 2.12. The molecule has 9 heteroatoms. The maximum atomic E-state index is 11.7. The number of rotatable bonds is 4. The first-order valence-electron chi connectivity index (χ1n) is 8.33. The fourth-order valence-corrected chi connectivity index (χ4v) is 3.89. The summed E-state index contributed by atoms with van der Waals surface area (Å²) in [6, 6.07) is 0. The van der Waals surface area contributed by atoms with E-state index in [1.165, 1.54) is 6.92 Å². The molecule has 3 atom stereocenters. The van der Waals surface area contributed by atoms with Crippen molar-refractivity contribution >= 4 is 34.7 Å². The van der Waals surface area contributed by atoms with Gasteiger partial charge in [0.25, 0.3) is 0 Å². The highest BCUT2D eigenvalue weighted by molar-refractivity contribution is 6.33. The molecular weight excluding hydrogens is 346 g/mol. The van der Waals surface area contributed by atoms with E-state index >= 15 is 0 Å². The lowest BCUT2D eigenvalue weighted by atomic mass is 9.83. The number of halogens is 1. The van der Waals surface area contributed by atoms with Gasteiger partial charge in [-0.1, -0.05) is 32.4 Å². The zero-order chi connectivity index (χ0) is 18.4. The van der Waals surface area contributed by atoms with Crippen molar-refractivity contribution in [2.75, 3.05) is 5.73 Å². The second-order valence-electron chi connectivity index (χ2n) is 6.34. The average Bonchev–Trinajstić information content (AvgIpc) is 3.08. The standard InChI is InChI=1S/C16H22ClN5O3/c1-5-16(6-2)8(3)11(24-9(4)23)14(25-16)22-7-19-10-12(17)20-15(18)21-13(10)22/h7-8,11,14H,5-6H2,1-4H3,(H2,18,20,21)/t8-,11+,14+/m0/s1. The first kappa shape index (κ1) is 17.9. The van der Waals surface area contributed by atoms with Gasteiger partial charge in [0, 0.05) is 12.8 Å². The van der Waals surface area contributed by atoms with E-state index in [2.05, 4.69) is 28.8 Å². The summed E-state index contributed by atoms with van der Waals surface area (Å²) in [7, 11) is 0. The van der Waals surface area contributed by atoms with Gasteiger partial charge in [0.2, 0.25) is 5.95 Å². The van der Waals surface area contributed by atoms with E-state index in [1.807, 2.05) is 6.92 Å². The van der Waals surface area contributed by atoms with Crippen molar-refractivity contribution in [1.29, 1.82) is 0 Å². The van der Waals surface area contributed by atoms with Crippen molar-refractivity contribution in [2.24, 2.45) is 5.92 Å². The highest BCUT2D eigenvalue weighted by Crippen LogP contribution is 2.47. The molecule has 8 nitrogen and oxygen atoms in total. The van der Waals surface area contributed by atoms with Crippen molar-refractivity contribution in [3.8, 4) is 0 Å². The highest BCUT2D eigenvalue weighted by atomic mass is 35.5. The number of esters is 1. The maximum absolute atomic E-state index is 11.7.